The molecule has 1 saturated heterocycles. The summed E-state index contributed by atoms with van der Waals surface area (Å²) >= 11 is 0. The van der Waals surface area contributed by atoms with Crippen molar-refractivity contribution in [1.82, 2.24) is 0 Å². The molecule has 0 amide bonds. The lowest BCUT2D eigenvalue weighted by atomic mass is 10.1. The third-order valence-electron chi connectivity index (χ3n) is 3.47. The number of sulfone groups is 1. The zero-order valence-electron chi connectivity index (χ0n) is 10.9. The van der Waals surface area contributed by atoms with Gasteiger partial charge in [0, 0.05) is 18.7 Å². The maximum atomic E-state index is 14.0. The van der Waals surface area contributed by atoms with E-state index in [1.807, 2.05) is 0 Å². The molecule has 0 bridgehead atoms. The third-order valence-corrected chi connectivity index (χ3v) is 5.23. The largest absolute Gasteiger partial charge is 0.368 e. The van der Waals surface area contributed by atoms with Gasteiger partial charge >= 0.3 is 0 Å². The molecule has 1 heterocycles. The Morgan fingerprint density at radius 1 is 1.42 bits per heavy atom. The molecule has 1 unspecified atom stereocenters. The van der Waals surface area contributed by atoms with Crippen molar-refractivity contribution in [3.63, 3.8) is 0 Å². The van der Waals surface area contributed by atoms with Crippen LogP contribution >= 0.6 is 0 Å². The highest BCUT2D eigenvalue weighted by Gasteiger charge is 2.32. The maximum Gasteiger partial charge on any atom is 0.161 e. The summed E-state index contributed by atoms with van der Waals surface area (Å²) in [5.74, 6) is -0.609. The fraction of sp³-hybridized carbons (Fsp3) is 0.462. The summed E-state index contributed by atoms with van der Waals surface area (Å²) < 4.78 is 36.9. The predicted molar refractivity (Wildman–Crippen MR) is 71.9 cm³/mol. The lowest BCUT2D eigenvalue weighted by molar-refractivity contribution is 0.101. The summed E-state index contributed by atoms with van der Waals surface area (Å²) in [5.41, 5.74) is 0.476. The van der Waals surface area contributed by atoms with Crippen LogP contribution in [-0.4, -0.2) is 38.8 Å². The van der Waals surface area contributed by atoms with E-state index in [9.17, 15) is 17.6 Å². The van der Waals surface area contributed by atoms with Crippen LogP contribution < -0.4 is 4.90 Å². The molecule has 0 aromatic heterocycles. The van der Waals surface area contributed by atoms with Crippen molar-refractivity contribution in [3.05, 3.63) is 29.6 Å². The molecule has 0 saturated carbocycles. The van der Waals surface area contributed by atoms with E-state index < -0.39 is 15.7 Å². The Morgan fingerprint density at radius 3 is 2.63 bits per heavy atom. The van der Waals surface area contributed by atoms with Gasteiger partial charge in [0.2, 0.25) is 0 Å². The van der Waals surface area contributed by atoms with Gasteiger partial charge in [-0.1, -0.05) is 6.07 Å². The van der Waals surface area contributed by atoms with Crippen LogP contribution in [0.1, 0.15) is 23.7 Å². The summed E-state index contributed by atoms with van der Waals surface area (Å²) in [4.78, 5) is 13.1. The van der Waals surface area contributed by atoms with E-state index in [1.54, 1.807) is 18.0 Å². The molecule has 6 heteroatoms. The molecule has 2 rings (SSSR count). The molecule has 1 aliphatic heterocycles. The molecule has 0 aliphatic carbocycles. The van der Waals surface area contributed by atoms with Gasteiger partial charge in [-0.25, -0.2) is 12.8 Å². The van der Waals surface area contributed by atoms with Crippen molar-refractivity contribution in [2.45, 2.75) is 19.4 Å². The average Bonchev–Trinajstić information content (AvgIpc) is 2.68. The first-order valence-corrected chi connectivity index (χ1v) is 7.86. The van der Waals surface area contributed by atoms with Gasteiger partial charge < -0.3 is 4.90 Å². The van der Waals surface area contributed by atoms with Gasteiger partial charge in [0.15, 0.2) is 15.6 Å². The first-order valence-electron chi connectivity index (χ1n) is 6.04. The van der Waals surface area contributed by atoms with Gasteiger partial charge in [-0.15, -0.1) is 0 Å². The average molecular weight is 285 g/mol. The minimum Gasteiger partial charge on any atom is -0.368 e. The first-order chi connectivity index (χ1) is 8.82. The van der Waals surface area contributed by atoms with E-state index in [0.717, 1.165) is 0 Å². The normalized spacial score (nSPS) is 21.3. The standard InChI is InChI=1S/C13H16FNO3S/c1-9(16)11-4-3-5-12(14)13(11)15(2)10-6-7-19(17,18)8-10/h3-5,10H,6-8H2,1-2H3. The third kappa shape index (κ3) is 2.78. The number of benzene rings is 1. The summed E-state index contributed by atoms with van der Waals surface area (Å²) in [6.45, 7) is 1.37. The zero-order valence-corrected chi connectivity index (χ0v) is 11.7. The predicted octanol–water partition coefficient (Wildman–Crippen LogP) is 1.65. The fourth-order valence-corrected chi connectivity index (χ4v) is 4.20. The van der Waals surface area contributed by atoms with Crippen molar-refractivity contribution in [2.24, 2.45) is 0 Å². The molecule has 104 valence electrons. The van der Waals surface area contributed by atoms with Crippen molar-refractivity contribution in [2.75, 3.05) is 23.5 Å². The van der Waals surface area contributed by atoms with E-state index >= 15 is 0 Å². The molecule has 1 atom stereocenters. The van der Waals surface area contributed by atoms with Crippen molar-refractivity contribution < 1.29 is 17.6 Å². The SMILES string of the molecule is CC(=O)c1cccc(F)c1N(C)C1CCS(=O)(=O)C1. The number of para-hydroxylation sites is 1. The van der Waals surface area contributed by atoms with E-state index in [2.05, 4.69) is 0 Å². The first kappa shape index (κ1) is 14.0. The molecule has 1 aromatic carbocycles. The highest BCUT2D eigenvalue weighted by Crippen LogP contribution is 2.29. The van der Waals surface area contributed by atoms with Gasteiger partial charge in [0.25, 0.3) is 0 Å². The second kappa shape index (κ2) is 4.92. The number of Topliss-reactive ketones (excluding diaryl/α,β-unsaturated/α-hetero) is 1. The molecule has 0 radical (unpaired) electrons. The van der Waals surface area contributed by atoms with Gasteiger partial charge in [0.05, 0.1) is 17.2 Å². The number of ketones is 1. The molecule has 1 aromatic rings. The Bertz CT molecular complexity index is 612. The lowest BCUT2D eigenvalue weighted by Crippen LogP contribution is -2.34. The topological polar surface area (TPSA) is 54.5 Å². The molecule has 1 fully saturated rings. The summed E-state index contributed by atoms with van der Waals surface area (Å²) in [6, 6.07) is 4.04. The van der Waals surface area contributed by atoms with Gasteiger partial charge in [0.1, 0.15) is 5.82 Å². The molecular formula is C13H16FNO3S. The lowest BCUT2D eigenvalue weighted by Gasteiger charge is -2.27. The fourth-order valence-electron chi connectivity index (χ4n) is 2.42. The quantitative estimate of drug-likeness (QED) is 0.792. The molecule has 0 spiro atoms. The molecule has 19 heavy (non-hydrogen) atoms. The van der Waals surface area contributed by atoms with Gasteiger partial charge in [-0.05, 0) is 25.5 Å². The summed E-state index contributed by atoms with van der Waals surface area (Å²) in [7, 11) is -1.41. The molecule has 0 N–H and O–H groups in total. The van der Waals surface area contributed by atoms with Crippen molar-refractivity contribution in [3.8, 4) is 0 Å². The Kier molecular flexibility index (Phi) is 3.62. The Hall–Kier alpha value is -1.43. The number of rotatable bonds is 3. The minimum absolute atomic E-state index is 0.00911. The zero-order chi connectivity index (χ0) is 14.2. The number of anilines is 1. The molecular weight excluding hydrogens is 269 g/mol. The van der Waals surface area contributed by atoms with Crippen LogP contribution in [0.2, 0.25) is 0 Å². The van der Waals surface area contributed by atoms with E-state index in [-0.39, 0.29) is 34.6 Å². The molecule has 1 aliphatic rings. The van der Waals surface area contributed by atoms with Crippen LogP contribution in [0.25, 0.3) is 0 Å². The van der Waals surface area contributed by atoms with Gasteiger partial charge in [-0.2, -0.15) is 0 Å². The van der Waals surface area contributed by atoms with E-state index in [1.165, 1.54) is 19.1 Å². The van der Waals surface area contributed by atoms with Crippen LogP contribution in [0.15, 0.2) is 18.2 Å². The Labute approximate surface area is 112 Å². The highest BCUT2D eigenvalue weighted by molar-refractivity contribution is 7.91. The van der Waals surface area contributed by atoms with Crippen LogP contribution in [-0.2, 0) is 9.84 Å². The van der Waals surface area contributed by atoms with Crippen molar-refractivity contribution >= 4 is 21.3 Å². The highest BCUT2D eigenvalue weighted by atomic mass is 32.2. The smallest absolute Gasteiger partial charge is 0.161 e. The summed E-state index contributed by atoms with van der Waals surface area (Å²) in [6.07, 6.45) is 0.463. The monoisotopic (exact) mass is 285 g/mol. The van der Waals surface area contributed by atoms with Crippen LogP contribution in [0, 0.1) is 5.82 Å². The van der Waals surface area contributed by atoms with Crippen LogP contribution in [0.4, 0.5) is 10.1 Å². The van der Waals surface area contributed by atoms with Gasteiger partial charge in [-0.3, -0.25) is 4.79 Å². The molecule has 4 nitrogen and oxygen atoms in total. The second-order valence-electron chi connectivity index (χ2n) is 4.86. The van der Waals surface area contributed by atoms with E-state index in [4.69, 9.17) is 0 Å². The summed E-state index contributed by atoms with van der Waals surface area (Å²) in [5, 5.41) is 0. The second-order valence-corrected chi connectivity index (χ2v) is 7.09. The number of carbonyl (C=O) groups is 1. The Balaban J connectivity index is 2.39. The number of hydrogen-bond donors (Lipinski definition) is 0. The van der Waals surface area contributed by atoms with Crippen molar-refractivity contribution in [1.29, 1.82) is 0 Å². The minimum atomic E-state index is -3.04. The number of nitrogens with zero attached hydrogens (tertiary/aromatic N) is 1. The van der Waals surface area contributed by atoms with Crippen LogP contribution in [0.5, 0.6) is 0 Å². The van der Waals surface area contributed by atoms with Crippen LogP contribution in [0.3, 0.4) is 0 Å². The number of hydrogen-bond acceptors (Lipinski definition) is 4. The Morgan fingerprint density at radius 2 is 2.11 bits per heavy atom. The van der Waals surface area contributed by atoms with E-state index in [0.29, 0.717) is 6.42 Å². The number of halogens is 1. The number of carbonyl (C=O) groups excluding carboxylic acids is 1. The maximum absolute atomic E-state index is 14.0.